The van der Waals surface area contributed by atoms with Crippen molar-refractivity contribution >= 4 is 5.97 Å². The van der Waals surface area contributed by atoms with E-state index in [0.717, 1.165) is 32.3 Å². The highest BCUT2D eigenvalue weighted by molar-refractivity contribution is 5.75. The first kappa shape index (κ1) is 19.7. The second-order valence-electron chi connectivity index (χ2n) is 6.17. The SMILES string of the molecule is CCCOC1CCC[C@H](N)C(=O)OC(C)C1.Cc1ccccc1. The van der Waals surface area contributed by atoms with Gasteiger partial charge in [-0.05, 0) is 39.5 Å². The number of carbonyl (C=O) groups excluding carboxylic acids is 1. The zero-order chi connectivity index (χ0) is 17.1. The van der Waals surface area contributed by atoms with Gasteiger partial charge in [0.05, 0.1) is 6.10 Å². The number of rotatable bonds is 3. The largest absolute Gasteiger partial charge is 0.461 e. The number of cyclic esters (lactones) is 1. The van der Waals surface area contributed by atoms with Gasteiger partial charge in [0.25, 0.3) is 0 Å². The Labute approximate surface area is 140 Å². The molecular formula is C19H31NO3. The van der Waals surface area contributed by atoms with E-state index in [1.165, 1.54) is 5.56 Å². The summed E-state index contributed by atoms with van der Waals surface area (Å²) < 4.78 is 11.0. The Morgan fingerprint density at radius 1 is 1.26 bits per heavy atom. The van der Waals surface area contributed by atoms with Gasteiger partial charge in [0, 0.05) is 13.0 Å². The molecule has 1 heterocycles. The molecule has 1 saturated heterocycles. The summed E-state index contributed by atoms with van der Waals surface area (Å²) in [5.74, 6) is -0.274. The van der Waals surface area contributed by atoms with Crippen molar-refractivity contribution in [1.29, 1.82) is 0 Å². The van der Waals surface area contributed by atoms with Gasteiger partial charge in [0.2, 0.25) is 0 Å². The number of benzene rings is 1. The van der Waals surface area contributed by atoms with Gasteiger partial charge in [-0.2, -0.15) is 0 Å². The van der Waals surface area contributed by atoms with Crippen LogP contribution in [0.1, 0.15) is 51.5 Å². The Morgan fingerprint density at radius 3 is 2.52 bits per heavy atom. The molecule has 2 N–H and O–H groups in total. The first-order chi connectivity index (χ1) is 11.0. The molecule has 0 aromatic heterocycles. The number of carbonyl (C=O) groups is 1. The normalized spacial score (nSPS) is 25.2. The molecule has 0 aliphatic carbocycles. The van der Waals surface area contributed by atoms with E-state index in [2.05, 4.69) is 26.0 Å². The average molecular weight is 321 g/mol. The molecule has 1 fully saturated rings. The van der Waals surface area contributed by atoms with E-state index >= 15 is 0 Å². The Balaban J connectivity index is 0.000000313. The molecule has 130 valence electrons. The number of ether oxygens (including phenoxy) is 2. The van der Waals surface area contributed by atoms with Crippen LogP contribution < -0.4 is 5.73 Å². The van der Waals surface area contributed by atoms with E-state index in [0.29, 0.717) is 6.42 Å². The minimum atomic E-state index is -0.465. The van der Waals surface area contributed by atoms with Crippen molar-refractivity contribution < 1.29 is 14.3 Å². The van der Waals surface area contributed by atoms with Gasteiger partial charge in [0.1, 0.15) is 12.1 Å². The predicted octanol–water partition coefficient (Wildman–Crippen LogP) is 3.61. The molecule has 1 aromatic carbocycles. The molecule has 1 aliphatic rings. The van der Waals surface area contributed by atoms with Crippen LogP contribution in [0.4, 0.5) is 0 Å². The van der Waals surface area contributed by atoms with Crippen molar-refractivity contribution in [3.05, 3.63) is 35.9 Å². The smallest absolute Gasteiger partial charge is 0.323 e. The highest BCUT2D eigenvalue weighted by Crippen LogP contribution is 2.17. The molecule has 23 heavy (non-hydrogen) atoms. The minimum Gasteiger partial charge on any atom is -0.461 e. The van der Waals surface area contributed by atoms with Crippen LogP contribution in [-0.4, -0.2) is 30.8 Å². The van der Waals surface area contributed by atoms with E-state index in [1.807, 2.05) is 25.1 Å². The molecule has 1 aromatic rings. The third kappa shape index (κ3) is 8.72. The number of hydrogen-bond acceptors (Lipinski definition) is 4. The lowest BCUT2D eigenvalue weighted by atomic mass is 10.0. The summed E-state index contributed by atoms with van der Waals surface area (Å²) in [6.07, 6.45) is 4.48. The lowest BCUT2D eigenvalue weighted by molar-refractivity contribution is -0.151. The zero-order valence-electron chi connectivity index (χ0n) is 14.7. The molecule has 3 atom stereocenters. The molecule has 0 saturated carbocycles. The number of hydrogen-bond donors (Lipinski definition) is 1. The van der Waals surface area contributed by atoms with Crippen LogP contribution in [0.5, 0.6) is 0 Å². The highest BCUT2D eigenvalue weighted by atomic mass is 16.5. The van der Waals surface area contributed by atoms with Crippen molar-refractivity contribution in [2.45, 2.75) is 71.1 Å². The molecule has 1 aliphatic heterocycles. The fourth-order valence-corrected chi connectivity index (χ4v) is 2.48. The van der Waals surface area contributed by atoms with Crippen molar-refractivity contribution in [2.75, 3.05) is 6.61 Å². The summed E-state index contributed by atoms with van der Waals surface area (Å²) >= 11 is 0. The van der Waals surface area contributed by atoms with Gasteiger partial charge in [-0.1, -0.05) is 42.8 Å². The van der Waals surface area contributed by atoms with Crippen LogP contribution >= 0.6 is 0 Å². The molecule has 0 spiro atoms. The molecule has 2 rings (SSSR count). The van der Waals surface area contributed by atoms with Gasteiger partial charge in [-0.3, -0.25) is 4.79 Å². The fourth-order valence-electron chi connectivity index (χ4n) is 2.48. The first-order valence-corrected chi connectivity index (χ1v) is 8.62. The third-order valence-corrected chi connectivity index (χ3v) is 3.75. The highest BCUT2D eigenvalue weighted by Gasteiger charge is 2.23. The molecule has 4 heteroatoms. The second kappa shape index (κ2) is 11.2. The fraction of sp³-hybridized carbons (Fsp3) is 0.632. The Hall–Kier alpha value is -1.39. The Kier molecular flexibility index (Phi) is 9.57. The predicted molar refractivity (Wildman–Crippen MR) is 93.2 cm³/mol. The molecule has 2 unspecified atom stereocenters. The van der Waals surface area contributed by atoms with Crippen molar-refractivity contribution in [2.24, 2.45) is 5.73 Å². The van der Waals surface area contributed by atoms with Crippen LogP contribution in [0, 0.1) is 6.92 Å². The summed E-state index contributed by atoms with van der Waals surface area (Å²) in [6.45, 7) is 6.85. The molecule has 0 amide bonds. The van der Waals surface area contributed by atoms with Gasteiger partial charge >= 0.3 is 5.97 Å². The van der Waals surface area contributed by atoms with E-state index in [9.17, 15) is 4.79 Å². The summed E-state index contributed by atoms with van der Waals surface area (Å²) in [4.78, 5) is 11.5. The van der Waals surface area contributed by atoms with Crippen molar-refractivity contribution in [3.8, 4) is 0 Å². The molecule has 4 nitrogen and oxygen atoms in total. The molecular weight excluding hydrogens is 290 g/mol. The van der Waals surface area contributed by atoms with Crippen LogP contribution in [0.3, 0.4) is 0 Å². The summed E-state index contributed by atoms with van der Waals surface area (Å²) in [5.41, 5.74) is 7.03. The minimum absolute atomic E-state index is 0.0986. The van der Waals surface area contributed by atoms with E-state index in [4.69, 9.17) is 15.2 Å². The average Bonchev–Trinajstić information content (AvgIpc) is 2.58. The Morgan fingerprint density at radius 2 is 1.96 bits per heavy atom. The standard InChI is InChI=1S/C12H23NO3.C7H8/c1-3-7-15-10-5-4-6-11(13)12(14)16-9(2)8-10;1-7-5-3-2-4-6-7/h9-11H,3-8,13H2,1-2H3;2-6H,1H3/t9?,10?,11-;/m0./s1. The van der Waals surface area contributed by atoms with Gasteiger partial charge in [-0.15, -0.1) is 0 Å². The van der Waals surface area contributed by atoms with Crippen LogP contribution in [-0.2, 0) is 14.3 Å². The maximum Gasteiger partial charge on any atom is 0.323 e. The number of nitrogens with two attached hydrogens (primary N) is 1. The number of aryl methyl sites for hydroxylation is 1. The maximum atomic E-state index is 11.5. The van der Waals surface area contributed by atoms with Crippen LogP contribution in [0.2, 0.25) is 0 Å². The lowest BCUT2D eigenvalue weighted by Crippen LogP contribution is -2.33. The van der Waals surface area contributed by atoms with Gasteiger partial charge in [0.15, 0.2) is 0 Å². The monoisotopic (exact) mass is 321 g/mol. The van der Waals surface area contributed by atoms with Crippen LogP contribution in [0.25, 0.3) is 0 Å². The van der Waals surface area contributed by atoms with Gasteiger partial charge in [-0.25, -0.2) is 0 Å². The maximum absolute atomic E-state index is 11.5. The molecule has 0 bridgehead atoms. The first-order valence-electron chi connectivity index (χ1n) is 8.62. The third-order valence-electron chi connectivity index (χ3n) is 3.75. The quantitative estimate of drug-likeness (QED) is 0.864. The van der Waals surface area contributed by atoms with E-state index in [-0.39, 0.29) is 18.2 Å². The topological polar surface area (TPSA) is 61.5 Å². The van der Waals surface area contributed by atoms with Crippen molar-refractivity contribution in [3.63, 3.8) is 0 Å². The second-order valence-corrected chi connectivity index (χ2v) is 6.17. The Bertz CT molecular complexity index is 436. The van der Waals surface area contributed by atoms with E-state index < -0.39 is 6.04 Å². The lowest BCUT2D eigenvalue weighted by Gasteiger charge is -2.20. The summed E-state index contributed by atoms with van der Waals surface area (Å²) in [5, 5.41) is 0. The summed E-state index contributed by atoms with van der Waals surface area (Å²) in [7, 11) is 0. The van der Waals surface area contributed by atoms with Gasteiger partial charge < -0.3 is 15.2 Å². The molecule has 0 radical (unpaired) electrons. The summed E-state index contributed by atoms with van der Waals surface area (Å²) in [6, 6.07) is 9.80. The van der Waals surface area contributed by atoms with Crippen LogP contribution in [0.15, 0.2) is 30.3 Å². The van der Waals surface area contributed by atoms with Crippen molar-refractivity contribution in [1.82, 2.24) is 0 Å². The number of esters is 1. The zero-order valence-corrected chi connectivity index (χ0v) is 14.7. The van der Waals surface area contributed by atoms with E-state index in [1.54, 1.807) is 0 Å².